The molecule has 0 bridgehead atoms. The maximum Gasteiger partial charge on any atom is 0.313 e. The highest BCUT2D eigenvalue weighted by Crippen LogP contribution is 2.24. The number of unbranched alkanes of at least 4 members (excludes halogenated alkanes) is 1. The number of carbonyl (C=O) groups excluding carboxylic acids is 1. The first-order chi connectivity index (χ1) is 10.4. The van der Waals surface area contributed by atoms with Crippen LogP contribution in [0.25, 0.3) is 0 Å². The van der Waals surface area contributed by atoms with E-state index in [1.54, 1.807) is 49.9 Å². The summed E-state index contributed by atoms with van der Waals surface area (Å²) in [5, 5.41) is 12.0. The molecule has 1 aromatic carbocycles. The molecule has 4 nitrogen and oxygen atoms in total. The van der Waals surface area contributed by atoms with E-state index in [4.69, 9.17) is 0 Å². The molecule has 1 aromatic rings. The average Bonchev–Trinajstić information content (AvgIpc) is 2.47. The monoisotopic (exact) mass is 323 g/mol. The van der Waals surface area contributed by atoms with Gasteiger partial charge in [-0.05, 0) is 43.7 Å². The summed E-state index contributed by atoms with van der Waals surface area (Å²) in [7, 11) is 0. The molecule has 1 rings (SSSR count). The van der Waals surface area contributed by atoms with E-state index in [2.05, 4.69) is 12.2 Å². The minimum absolute atomic E-state index is 0.00533. The van der Waals surface area contributed by atoms with Crippen molar-refractivity contribution in [3.05, 3.63) is 29.8 Å². The van der Waals surface area contributed by atoms with Gasteiger partial charge in [0.05, 0.1) is 5.41 Å². The summed E-state index contributed by atoms with van der Waals surface area (Å²) in [4.78, 5) is 23.0. The van der Waals surface area contributed by atoms with Crippen LogP contribution in [0.5, 0.6) is 0 Å². The van der Waals surface area contributed by atoms with Gasteiger partial charge in [-0.2, -0.15) is 11.8 Å². The molecule has 2 N–H and O–H groups in total. The Labute approximate surface area is 136 Å². The van der Waals surface area contributed by atoms with Crippen molar-refractivity contribution < 1.29 is 14.7 Å². The fourth-order valence-corrected chi connectivity index (χ4v) is 2.86. The zero-order valence-electron chi connectivity index (χ0n) is 13.5. The Bertz CT molecular complexity index is 497. The molecule has 22 heavy (non-hydrogen) atoms. The number of carboxylic acids is 1. The lowest BCUT2D eigenvalue weighted by atomic mass is 9.85. The Morgan fingerprint density at radius 3 is 2.36 bits per heavy atom. The van der Waals surface area contributed by atoms with Crippen LogP contribution < -0.4 is 5.32 Å². The summed E-state index contributed by atoms with van der Waals surface area (Å²) in [5.41, 5.74) is 0.486. The lowest BCUT2D eigenvalue weighted by molar-refractivity contribution is -0.142. The second-order valence-corrected chi connectivity index (χ2v) is 7.00. The lowest BCUT2D eigenvalue weighted by Gasteiger charge is -2.19. The first kappa shape index (κ1) is 18.6. The minimum atomic E-state index is -0.932. The molecule has 0 aromatic heterocycles. The highest BCUT2D eigenvalue weighted by molar-refractivity contribution is 7.99. The van der Waals surface area contributed by atoms with Crippen LogP contribution in [0.15, 0.2) is 24.3 Å². The zero-order valence-corrected chi connectivity index (χ0v) is 14.3. The van der Waals surface area contributed by atoms with E-state index in [9.17, 15) is 14.7 Å². The van der Waals surface area contributed by atoms with Gasteiger partial charge in [0.15, 0.2) is 0 Å². The van der Waals surface area contributed by atoms with Crippen LogP contribution in [0.1, 0.15) is 45.6 Å². The number of hydrogen-bond acceptors (Lipinski definition) is 3. The molecule has 5 heteroatoms. The highest BCUT2D eigenvalue weighted by Gasteiger charge is 2.29. The Balaban J connectivity index is 2.47. The molecule has 0 aliphatic carbocycles. The van der Waals surface area contributed by atoms with Crippen LogP contribution in [0, 0.1) is 0 Å². The number of hydrogen-bond donors (Lipinski definition) is 2. The first-order valence-corrected chi connectivity index (χ1v) is 8.75. The molecule has 122 valence electrons. The van der Waals surface area contributed by atoms with Crippen LogP contribution in [-0.4, -0.2) is 28.5 Å². The molecular weight excluding hydrogens is 298 g/mol. The Morgan fingerprint density at radius 1 is 1.18 bits per heavy atom. The third kappa shape index (κ3) is 5.72. The number of aliphatic carboxylic acids is 1. The summed E-state index contributed by atoms with van der Waals surface area (Å²) in [6, 6.07) is 7.00. The Hall–Kier alpha value is -1.49. The van der Waals surface area contributed by atoms with Crippen LogP contribution in [-0.2, 0) is 15.0 Å². The standard InChI is InChI=1S/C17H25NO3S/c1-4-5-11-22-12-10-15(19)18-14-8-6-13(7-9-14)17(2,3)16(20)21/h6-9H,4-5,10-12H2,1-3H3,(H,18,19)(H,20,21). The number of carboxylic acid groups (broad SMARTS) is 1. The number of carbonyl (C=O) groups is 2. The highest BCUT2D eigenvalue weighted by atomic mass is 32.2. The number of rotatable bonds is 9. The largest absolute Gasteiger partial charge is 0.481 e. The predicted octanol–water partition coefficient (Wildman–Crippen LogP) is 3.91. The predicted molar refractivity (Wildman–Crippen MR) is 92.6 cm³/mol. The lowest BCUT2D eigenvalue weighted by Crippen LogP contribution is -2.28. The van der Waals surface area contributed by atoms with Crippen molar-refractivity contribution in [1.82, 2.24) is 0 Å². The van der Waals surface area contributed by atoms with E-state index < -0.39 is 11.4 Å². The van der Waals surface area contributed by atoms with Crippen molar-refractivity contribution in [3.63, 3.8) is 0 Å². The zero-order chi connectivity index (χ0) is 16.6. The SMILES string of the molecule is CCCCSCCC(=O)Nc1ccc(C(C)(C)C(=O)O)cc1. The smallest absolute Gasteiger partial charge is 0.313 e. The summed E-state index contributed by atoms with van der Waals surface area (Å²) in [6.07, 6.45) is 2.86. The van der Waals surface area contributed by atoms with Gasteiger partial charge >= 0.3 is 5.97 Å². The van der Waals surface area contributed by atoms with E-state index >= 15 is 0 Å². The van der Waals surface area contributed by atoms with Crippen molar-refractivity contribution >= 4 is 29.3 Å². The molecule has 0 unspecified atom stereocenters. The van der Waals surface area contributed by atoms with Crippen LogP contribution in [0.4, 0.5) is 5.69 Å². The fourth-order valence-electron chi connectivity index (χ4n) is 1.83. The molecule has 0 radical (unpaired) electrons. The molecule has 0 saturated carbocycles. The van der Waals surface area contributed by atoms with E-state index in [-0.39, 0.29) is 5.91 Å². The molecule has 0 spiro atoms. The van der Waals surface area contributed by atoms with Gasteiger partial charge in [0.25, 0.3) is 0 Å². The van der Waals surface area contributed by atoms with Crippen LogP contribution in [0.3, 0.4) is 0 Å². The summed E-state index contributed by atoms with van der Waals surface area (Å²) in [5.74, 6) is 1.06. The van der Waals surface area contributed by atoms with Crippen LogP contribution >= 0.6 is 11.8 Å². The molecule has 0 aliphatic heterocycles. The third-order valence-electron chi connectivity index (χ3n) is 3.54. The Morgan fingerprint density at radius 2 is 1.82 bits per heavy atom. The first-order valence-electron chi connectivity index (χ1n) is 7.59. The van der Waals surface area contributed by atoms with Gasteiger partial charge in [-0.3, -0.25) is 9.59 Å². The van der Waals surface area contributed by atoms with E-state index in [1.807, 2.05) is 0 Å². The van der Waals surface area contributed by atoms with Crippen molar-refractivity contribution in [2.75, 3.05) is 16.8 Å². The van der Waals surface area contributed by atoms with Gasteiger partial charge < -0.3 is 10.4 Å². The quantitative estimate of drug-likeness (QED) is 0.676. The maximum absolute atomic E-state index is 11.8. The van der Waals surface area contributed by atoms with Crippen molar-refractivity contribution in [3.8, 4) is 0 Å². The van der Waals surface area contributed by atoms with Gasteiger partial charge in [-0.25, -0.2) is 0 Å². The van der Waals surface area contributed by atoms with Crippen LogP contribution in [0.2, 0.25) is 0 Å². The number of thioether (sulfide) groups is 1. The van der Waals surface area contributed by atoms with Gasteiger partial charge in [0, 0.05) is 17.9 Å². The van der Waals surface area contributed by atoms with Crippen molar-refractivity contribution in [1.29, 1.82) is 0 Å². The average molecular weight is 323 g/mol. The van der Waals surface area contributed by atoms with Crippen molar-refractivity contribution in [2.24, 2.45) is 0 Å². The van der Waals surface area contributed by atoms with E-state index in [1.165, 1.54) is 12.8 Å². The molecule has 1 amide bonds. The van der Waals surface area contributed by atoms with Gasteiger partial charge in [0.1, 0.15) is 0 Å². The van der Waals surface area contributed by atoms with E-state index in [0.717, 1.165) is 11.5 Å². The minimum Gasteiger partial charge on any atom is -0.481 e. The van der Waals surface area contributed by atoms with Gasteiger partial charge in [0.2, 0.25) is 5.91 Å². The second-order valence-electron chi connectivity index (χ2n) is 5.77. The third-order valence-corrected chi connectivity index (χ3v) is 4.61. The molecule has 0 aliphatic rings. The van der Waals surface area contributed by atoms with Gasteiger partial charge in [-0.15, -0.1) is 0 Å². The number of benzene rings is 1. The molecule has 0 saturated heterocycles. The summed E-state index contributed by atoms with van der Waals surface area (Å²) in [6.45, 7) is 5.48. The Kier molecular flexibility index (Phi) is 7.45. The molecule has 0 fully saturated rings. The van der Waals surface area contributed by atoms with Gasteiger partial charge in [-0.1, -0.05) is 25.5 Å². The number of anilines is 1. The molecule has 0 heterocycles. The number of nitrogens with one attached hydrogen (secondary N) is 1. The normalized spacial score (nSPS) is 11.2. The topological polar surface area (TPSA) is 66.4 Å². The van der Waals surface area contributed by atoms with E-state index in [0.29, 0.717) is 17.7 Å². The second kappa shape index (κ2) is 8.83. The fraction of sp³-hybridized carbons (Fsp3) is 0.529. The molecular formula is C17H25NO3S. The maximum atomic E-state index is 11.8. The summed E-state index contributed by atoms with van der Waals surface area (Å²) < 4.78 is 0. The molecule has 0 atom stereocenters. The summed E-state index contributed by atoms with van der Waals surface area (Å²) >= 11 is 1.80. The number of amides is 1. The van der Waals surface area contributed by atoms with Crippen molar-refractivity contribution in [2.45, 2.75) is 45.4 Å².